The smallest absolute Gasteiger partial charge is 0.342 e. The molecule has 0 atom stereocenters. The molecule has 0 saturated carbocycles. The van der Waals surface area contributed by atoms with Gasteiger partial charge in [-0.3, -0.25) is 15.2 Å². The maximum Gasteiger partial charge on any atom is 0.342 e. The topological polar surface area (TPSA) is 122 Å². The van der Waals surface area contributed by atoms with Crippen molar-refractivity contribution in [2.75, 3.05) is 0 Å². The Morgan fingerprint density at radius 1 is 1.50 bits per heavy atom. The highest BCUT2D eigenvalue weighted by Crippen LogP contribution is 2.35. The fraction of sp³-hybridized carbons (Fsp3) is 0. The number of H-pyrrole nitrogens is 1. The Hall–Kier alpha value is -2.42. The molecule has 2 rings (SSSR count). The number of para-hydroxylation sites is 1. The minimum absolute atomic E-state index is 0.191. The van der Waals surface area contributed by atoms with Crippen LogP contribution in [0.5, 0.6) is 0 Å². The van der Waals surface area contributed by atoms with Crippen molar-refractivity contribution in [1.82, 2.24) is 15.2 Å². The highest BCUT2D eigenvalue weighted by atomic mass is 32.2. The number of benzene rings is 1. The molecule has 18 heavy (non-hydrogen) atoms. The largest absolute Gasteiger partial charge is 0.477 e. The van der Waals surface area contributed by atoms with Gasteiger partial charge in [0.25, 0.3) is 5.69 Å². The van der Waals surface area contributed by atoms with Crippen LogP contribution in [0.4, 0.5) is 5.69 Å². The summed E-state index contributed by atoms with van der Waals surface area (Å²) in [6, 6.07) is 4.08. The molecule has 8 nitrogen and oxygen atoms in total. The van der Waals surface area contributed by atoms with Crippen LogP contribution in [0.15, 0.2) is 34.6 Å². The van der Waals surface area contributed by atoms with E-state index in [1.807, 2.05) is 0 Å². The minimum atomic E-state index is -1.35. The van der Waals surface area contributed by atoms with Gasteiger partial charge in [0.05, 0.1) is 9.82 Å². The van der Waals surface area contributed by atoms with Crippen molar-refractivity contribution in [3.05, 3.63) is 40.2 Å². The maximum atomic E-state index is 11.0. The van der Waals surface area contributed by atoms with Crippen molar-refractivity contribution in [2.45, 2.75) is 10.1 Å². The number of carboxylic acids is 1. The lowest BCUT2D eigenvalue weighted by molar-refractivity contribution is -0.388. The SMILES string of the molecule is O=C(O)c1cccc(Sc2ncn[nH]2)c1[N+](=O)[O-]. The Morgan fingerprint density at radius 2 is 2.28 bits per heavy atom. The van der Waals surface area contributed by atoms with E-state index in [4.69, 9.17) is 5.11 Å². The molecule has 0 aliphatic heterocycles. The number of nitro groups is 1. The van der Waals surface area contributed by atoms with Crippen LogP contribution >= 0.6 is 11.8 Å². The molecule has 0 bridgehead atoms. The summed E-state index contributed by atoms with van der Waals surface area (Å²) in [6.07, 6.45) is 1.26. The molecule has 0 aliphatic rings. The lowest BCUT2D eigenvalue weighted by atomic mass is 10.2. The van der Waals surface area contributed by atoms with Crippen LogP contribution in [-0.2, 0) is 0 Å². The van der Waals surface area contributed by atoms with Gasteiger partial charge in [-0.25, -0.2) is 9.78 Å². The molecular weight excluding hydrogens is 260 g/mol. The summed E-state index contributed by atoms with van der Waals surface area (Å²) in [5.74, 6) is -1.35. The second-order valence-electron chi connectivity index (χ2n) is 3.11. The number of nitrogens with zero attached hydrogens (tertiary/aromatic N) is 3. The fourth-order valence-electron chi connectivity index (χ4n) is 1.31. The Labute approximate surface area is 104 Å². The molecule has 1 heterocycles. The Balaban J connectivity index is 2.49. The lowest BCUT2D eigenvalue weighted by Crippen LogP contribution is -2.03. The van der Waals surface area contributed by atoms with Crippen molar-refractivity contribution < 1.29 is 14.8 Å². The number of rotatable bonds is 4. The van der Waals surface area contributed by atoms with Crippen LogP contribution in [0.1, 0.15) is 10.4 Å². The monoisotopic (exact) mass is 266 g/mol. The summed E-state index contributed by atoms with van der Waals surface area (Å²) in [5, 5.41) is 26.4. The summed E-state index contributed by atoms with van der Waals surface area (Å²) in [7, 11) is 0. The molecular formula is C9H6N4O4S. The number of carbonyl (C=O) groups is 1. The van der Waals surface area contributed by atoms with Crippen LogP contribution < -0.4 is 0 Å². The minimum Gasteiger partial charge on any atom is -0.477 e. The highest BCUT2D eigenvalue weighted by Gasteiger charge is 2.25. The lowest BCUT2D eigenvalue weighted by Gasteiger charge is -2.02. The molecule has 0 unspecified atom stereocenters. The van der Waals surface area contributed by atoms with Crippen LogP contribution in [0, 0.1) is 10.1 Å². The normalized spacial score (nSPS) is 10.2. The second-order valence-corrected chi connectivity index (χ2v) is 4.14. The van der Waals surface area contributed by atoms with Gasteiger partial charge in [-0.05, 0) is 23.9 Å². The average Bonchev–Trinajstić information content (AvgIpc) is 2.81. The zero-order chi connectivity index (χ0) is 13.1. The van der Waals surface area contributed by atoms with Crippen LogP contribution in [-0.4, -0.2) is 31.2 Å². The molecule has 92 valence electrons. The van der Waals surface area contributed by atoms with Gasteiger partial charge in [0.2, 0.25) is 0 Å². The van der Waals surface area contributed by atoms with Gasteiger partial charge in [0.1, 0.15) is 11.9 Å². The summed E-state index contributed by atoms with van der Waals surface area (Å²) < 4.78 is 0. The molecule has 2 aromatic rings. The van der Waals surface area contributed by atoms with Crippen LogP contribution in [0.3, 0.4) is 0 Å². The predicted octanol–water partition coefficient (Wildman–Crippen LogP) is 1.56. The van der Waals surface area contributed by atoms with Gasteiger partial charge in [-0.2, -0.15) is 5.10 Å². The molecule has 0 saturated heterocycles. The van der Waals surface area contributed by atoms with E-state index in [0.717, 1.165) is 11.8 Å². The van der Waals surface area contributed by atoms with Crippen LogP contribution in [0.25, 0.3) is 0 Å². The third kappa shape index (κ3) is 2.30. The summed E-state index contributed by atoms with van der Waals surface area (Å²) in [4.78, 5) is 25.2. The summed E-state index contributed by atoms with van der Waals surface area (Å²) in [5.41, 5.74) is -0.809. The molecule has 0 radical (unpaired) electrons. The first-order valence-corrected chi connectivity index (χ1v) is 5.45. The zero-order valence-corrected chi connectivity index (χ0v) is 9.55. The first kappa shape index (κ1) is 12.0. The second kappa shape index (κ2) is 4.84. The van der Waals surface area contributed by atoms with Crippen molar-refractivity contribution in [2.24, 2.45) is 0 Å². The number of aromatic nitrogens is 3. The van der Waals surface area contributed by atoms with Crippen molar-refractivity contribution in [1.29, 1.82) is 0 Å². The van der Waals surface area contributed by atoms with E-state index >= 15 is 0 Å². The van der Waals surface area contributed by atoms with Gasteiger partial charge < -0.3 is 5.11 Å². The Morgan fingerprint density at radius 3 is 2.83 bits per heavy atom. The highest BCUT2D eigenvalue weighted by molar-refractivity contribution is 7.99. The quantitative estimate of drug-likeness (QED) is 0.635. The number of carboxylic acid groups (broad SMARTS) is 1. The van der Waals surface area contributed by atoms with Gasteiger partial charge in [-0.1, -0.05) is 6.07 Å². The van der Waals surface area contributed by atoms with E-state index in [0.29, 0.717) is 5.16 Å². The standard InChI is InChI=1S/C9H6N4O4S/c14-8(15)5-2-1-3-6(7(5)13(16)17)18-9-10-4-11-12-9/h1-4H,(H,14,15)(H,10,11,12). The van der Waals surface area contributed by atoms with Crippen LogP contribution in [0.2, 0.25) is 0 Å². The number of aromatic carboxylic acids is 1. The van der Waals surface area contributed by atoms with Crippen molar-refractivity contribution in [3.8, 4) is 0 Å². The number of hydrogen-bond donors (Lipinski definition) is 2. The third-order valence-corrected chi connectivity index (χ3v) is 2.95. The maximum absolute atomic E-state index is 11.0. The van der Waals surface area contributed by atoms with Crippen molar-refractivity contribution >= 4 is 23.4 Å². The van der Waals surface area contributed by atoms with E-state index in [2.05, 4.69) is 15.2 Å². The number of nitro benzene ring substituents is 1. The first-order chi connectivity index (χ1) is 8.59. The van der Waals surface area contributed by atoms with E-state index in [-0.39, 0.29) is 10.5 Å². The van der Waals surface area contributed by atoms with Gasteiger partial charge in [-0.15, -0.1) is 0 Å². The molecule has 0 aliphatic carbocycles. The van der Waals surface area contributed by atoms with E-state index in [1.165, 1.54) is 24.5 Å². The Kier molecular flexibility index (Phi) is 3.24. The van der Waals surface area contributed by atoms with E-state index in [1.54, 1.807) is 0 Å². The third-order valence-electron chi connectivity index (χ3n) is 2.01. The first-order valence-electron chi connectivity index (χ1n) is 4.63. The summed E-state index contributed by atoms with van der Waals surface area (Å²) >= 11 is 0.947. The number of aromatic amines is 1. The molecule has 1 aromatic carbocycles. The van der Waals surface area contributed by atoms with Gasteiger partial charge in [0.15, 0.2) is 5.16 Å². The number of hydrogen-bond acceptors (Lipinski definition) is 6. The predicted molar refractivity (Wildman–Crippen MR) is 60.6 cm³/mol. The van der Waals surface area contributed by atoms with E-state index < -0.39 is 16.6 Å². The fourth-order valence-corrected chi connectivity index (χ4v) is 2.15. The molecule has 0 amide bonds. The number of nitrogens with one attached hydrogen (secondary N) is 1. The average molecular weight is 266 g/mol. The Bertz CT molecular complexity index is 599. The molecule has 0 fully saturated rings. The molecule has 2 N–H and O–H groups in total. The zero-order valence-electron chi connectivity index (χ0n) is 8.73. The molecule has 0 spiro atoms. The van der Waals surface area contributed by atoms with Crippen molar-refractivity contribution in [3.63, 3.8) is 0 Å². The van der Waals surface area contributed by atoms with Gasteiger partial charge >= 0.3 is 5.97 Å². The summed E-state index contributed by atoms with van der Waals surface area (Å²) in [6.45, 7) is 0. The molecule has 1 aromatic heterocycles. The molecule has 9 heteroatoms. The van der Waals surface area contributed by atoms with Gasteiger partial charge in [0, 0.05) is 0 Å². The van der Waals surface area contributed by atoms with E-state index in [9.17, 15) is 14.9 Å².